The Bertz CT molecular complexity index is 484. The molecule has 2 aromatic rings. The fourth-order valence-electron chi connectivity index (χ4n) is 1.47. The molecule has 0 amide bonds. The second-order valence-electron chi connectivity index (χ2n) is 3.53. The maximum Gasteiger partial charge on any atom is 0.242 e. The van der Waals surface area contributed by atoms with E-state index in [0.29, 0.717) is 17.4 Å². The van der Waals surface area contributed by atoms with Crippen molar-refractivity contribution in [1.29, 1.82) is 0 Å². The number of aromatic nitrogens is 2. The summed E-state index contributed by atoms with van der Waals surface area (Å²) in [4.78, 5) is 7.97. The summed E-state index contributed by atoms with van der Waals surface area (Å²) in [6.45, 7) is 1.95. The summed E-state index contributed by atoms with van der Waals surface area (Å²) in [5.41, 5.74) is 6.24. The van der Waals surface area contributed by atoms with Crippen LogP contribution in [0.2, 0.25) is 0 Å². The molecule has 2 rings (SSSR count). The molecule has 6 heteroatoms. The lowest BCUT2D eigenvalue weighted by atomic mass is 10.2. The monoisotopic (exact) mass is 234 g/mol. The molecule has 0 aliphatic carbocycles. The molecule has 0 saturated carbocycles. The molecule has 0 aliphatic rings. The molecule has 0 aliphatic heterocycles. The average molecular weight is 234 g/mol. The van der Waals surface area contributed by atoms with Gasteiger partial charge in [-0.05, 0) is 19.1 Å². The number of ether oxygens (including phenoxy) is 1. The van der Waals surface area contributed by atoms with E-state index in [1.165, 1.54) is 13.4 Å². The van der Waals surface area contributed by atoms with Crippen LogP contribution in [0, 0.1) is 0 Å². The lowest BCUT2D eigenvalue weighted by Crippen LogP contribution is -2.10. The van der Waals surface area contributed by atoms with Gasteiger partial charge in [0.15, 0.2) is 5.82 Å². The van der Waals surface area contributed by atoms with Crippen LogP contribution in [0.15, 0.2) is 29.1 Å². The van der Waals surface area contributed by atoms with E-state index in [1.54, 1.807) is 6.26 Å². The minimum absolute atomic E-state index is 0.0353. The van der Waals surface area contributed by atoms with Crippen LogP contribution in [0.3, 0.4) is 0 Å². The smallest absolute Gasteiger partial charge is 0.242 e. The topological polar surface area (TPSA) is 86.2 Å². The van der Waals surface area contributed by atoms with Gasteiger partial charge in [0, 0.05) is 0 Å². The highest BCUT2D eigenvalue weighted by molar-refractivity contribution is 5.66. The molecule has 0 aromatic carbocycles. The molecule has 6 nitrogen and oxygen atoms in total. The van der Waals surface area contributed by atoms with Gasteiger partial charge in [-0.25, -0.2) is 4.98 Å². The van der Waals surface area contributed by atoms with Gasteiger partial charge in [-0.15, -0.1) is 0 Å². The van der Waals surface area contributed by atoms with Gasteiger partial charge in [-0.2, -0.15) is 4.98 Å². The quantitative estimate of drug-likeness (QED) is 0.839. The number of furan rings is 1. The molecule has 2 heterocycles. The lowest BCUT2D eigenvalue weighted by Gasteiger charge is -2.14. The highest BCUT2D eigenvalue weighted by Gasteiger charge is 2.13. The van der Waals surface area contributed by atoms with Gasteiger partial charge in [0.2, 0.25) is 5.88 Å². The van der Waals surface area contributed by atoms with E-state index in [4.69, 9.17) is 14.9 Å². The van der Waals surface area contributed by atoms with Gasteiger partial charge in [0.05, 0.1) is 19.4 Å². The van der Waals surface area contributed by atoms with Crippen molar-refractivity contribution in [2.24, 2.45) is 0 Å². The predicted molar refractivity (Wildman–Crippen MR) is 63.7 cm³/mol. The third-order valence-electron chi connectivity index (χ3n) is 2.36. The van der Waals surface area contributed by atoms with Gasteiger partial charge in [-0.3, -0.25) is 0 Å². The number of nitrogens with zero attached hydrogens (tertiary/aromatic N) is 2. The van der Waals surface area contributed by atoms with Crippen LogP contribution in [-0.4, -0.2) is 17.1 Å². The Morgan fingerprint density at radius 3 is 2.94 bits per heavy atom. The second kappa shape index (κ2) is 4.73. The van der Waals surface area contributed by atoms with Crippen LogP contribution in [0.1, 0.15) is 18.7 Å². The number of hydrogen-bond donors (Lipinski definition) is 2. The molecule has 2 aromatic heterocycles. The van der Waals surface area contributed by atoms with E-state index in [-0.39, 0.29) is 6.04 Å². The molecule has 17 heavy (non-hydrogen) atoms. The first-order chi connectivity index (χ1) is 8.22. The maximum atomic E-state index is 5.85. The molecule has 3 N–H and O–H groups in total. The molecule has 0 bridgehead atoms. The second-order valence-corrected chi connectivity index (χ2v) is 3.53. The summed E-state index contributed by atoms with van der Waals surface area (Å²) in [6.07, 6.45) is 3.02. The Balaban J connectivity index is 2.19. The summed E-state index contributed by atoms with van der Waals surface area (Å²) >= 11 is 0. The van der Waals surface area contributed by atoms with Crippen LogP contribution in [0.4, 0.5) is 11.5 Å². The molecule has 1 atom stereocenters. The van der Waals surface area contributed by atoms with Crippen LogP contribution in [0.5, 0.6) is 5.88 Å². The zero-order chi connectivity index (χ0) is 12.3. The van der Waals surface area contributed by atoms with Gasteiger partial charge >= 0.3 is 0 Å². The standard InChI is InChI=1S/C11H14N4O2/c1-7(8-4-3-5-17-8)15-10-9(12)11(16-2)14-6-13-10/h3-7H,12H2,1-2H3,(H,13,14,15). The van der Waals surface area contributed by atoms with E-state index in [9.17, 15) is 0 Å². The highest BCUT2D eigenvalue weighted by atomic mass is 16.5. The van der Waals surface area contributed by atoms with Crippen molar-refractivity contribution in [3.8, 4) is 5.88 Å². The van der Waals surface area contributed by atoms with Crippen molar-refractivity contribution in [1.82, 2.24) is 9.97 Å². The first-order valence-corrected chi connectivity index (χ1v) is 5.16. The molecule has 90 valence electrons. The molecule has 1 unspecified atom stereocenters. The third-order valence-corrected chi connectivity index (χ3v) is 2.36. The van der Waals surface area contributed by atoms with Gasteiger partial charge in [-0.1, -0.05) is 0 Å². The Morgan fingerprint density at radius 2 is 2.29 bits per heavy atom. The van der Waals surface area contributed by atoms with E-state index in [2.05, 4.69) is 15.3 Å². The number of anilines is 2. The van der Waals surface area contributed by atoms with E-state index < -0.39 is 0 Å². The fourth-order valence-corrected chi connectivity index (χ4v) is 1.47. The van der Waals surface area contributed by atoms with Crippen molar-refractivity contribution in [3.63, 3.8) is 0 Å². The number of hydrogen-bond acceptors (Lipinski definition) is 6. The van der Waals surface area contributed by atoms with Crippen molar-refractivity contribution in [2.45, 2.75) is 13.0 Å². The minimum atomic E-state index is -0.0353. The highest BCUT2D eigenvalue weighted by Crippen LogP contribution is 2.27. The Morgan fingerprint density at radius 1 is 1.47 bits per heavy atom. The lowest BCUT2D eigenvalue weighted by molar-refractivity contribution is 0.399. The SMILES string of the molecule is COc1ncnc(NC(C)c2ccco2)c1N. The summed E-state index contributed by atoms with van der Waals surface area (Å²) in [5.74, 6) is 1.69. The number of methoxy groups -OCH3 is 1. The normalized spacial score (nSPS) is 12.1. The summed E-state index contributed by atoms with van der Waals surface area (Å²) in [5, 5.41) is 3.14. The first-order valence-electron chi connectivity index (χ1n) is 5.16. The Kier molecular flexibility index (Phi) is 3.13. The van der Waals surface area contributed by atoms with Gasteiger partial charge in [0.1, 0.15) is 17.8 Å². The maximum absolute atomic E-state index is 5.85. The van der Waals surface area contributed by atoms with Crippen molar-refractivity contribution >= 4 is 11.5 Å². The van der Waals surface area contributed by atoms with Crippen molar-refractivity contribution in [2.75, 3.05) is 18.2 Å². The largest absolute Gasteiger partial charge is 0.479 e. The van der Waals surface area contributed by atoms with Crippen LogP contribution < -0.4 is 15.8 Å². The molecule has 0 radical (unpaired) electrons. The van der Waals surface area contributed by atoms with E-state index >= 15 is 0 Å². The molecule has 0 saturated heterocycles. The van der Waals surface area contributed by atoms with E-state index in [0.717, 1.165) is 5.76 Å². The van der Waals surface area contributed by atoms with E-state index in [1.807, 2.05) is 19.1 Å². The number of nitrogens with one attached hydrogen (secondary N) is 1. The first kappa shape index (κ1) is 11.3. The van der Waals surface area contributed by atoms with Crippen molar-refractivity contribution < 1.29 is 9.15 Å². The Hall–Kier alpha value is -2.24. The van der Waals surface area contributed by atoms with Gasteiger partial charge in [0.25, 0.3) is 0 Å². The zero-order valence-corrected chi connectivity index (χ0v) is 9.68. The fraction of sp³-hybridized carbons (Fsp3) is 0.273. The zero-order valence-electron chi connectivity index (χ0n) is 9.68. The predicted octanol–water partition coefficient (Wildman–Crippen LogP) is 1.83. The summed E-state index contributed by atoms with van der Waals surface area (Å²) < 4.78 is 10.3. The Labute approximate surface area is 98.8 Å². The number of nitrogens with two attached hydrogens (primary N) is 1. The minimum Gasteiger partial charge on any atom is -0.479 e. The molecular weight excluding hydrogens is 220 g/mol. The molecular formula is C11H14N4O2. The molecule has 0 spiro atoms. The summed E-state index contributed by atoms with van der Waals surface area (Å²) in [7, 11) is 1.51. The summed E-state index contributed by atoms with van der Waals surface area (Å²) in [6, 6.07) is 3.68. The third kappa shape index (κ3) is 2.30. The van der Waals surface area contributed by atoms with Crippen LogP contribution in [0.25, 0.3) is 0 Å². The number of nitrogen functional groups attached to an aromatic ring is 1. The number of rotatable bonds is 4. The average Bonchev–Trinajstić information content (AvgIpc) is 2.85. The molecule has 0 fully saturated rings. The van der Waals surface area contributed by atoms with Crippen LogP contribution >= 0.6 is 0 Å². The van der Waals surface area contributed by atoms with Crippen LogP contribution in [-0.2, 0) is 0 Å². The van der Waals surface area contributed by atoms with Crippen molar-refractivity contribution in [3.05, 3.63) is 30.5 Å². The van der Waals surface area contributed by atoms with Gasteiger partial charge < -0.3 is 20.2 Å².